The highest BCUT2D eigenvalue weighted by Gasteiger charge is 2.20. The number of nitrogens with one attached hydrogen (secondary N) is 2. The number of amides is 1. The molecule has 1 amide bonds. The summed E-state index contributed by atoms with van der Waals surface area (Å²) in [6, 6.07) is 10.5. The first kappa shape index (κ1) is 21.3. The van der Waals surface area contributed by atoms with Gasteiger partial charge in [0.1, 0.15) is 6.54 Å². The van der Waals surface area contributed by atoms with E-state index in [9.17, 15) is 4.79 Å². The van der Waals surface area contributed by atoms with Crippen molar-refractivity contribution < 1.29 is 4.79 Å². The van der Waals surface area contributed by atoms with Crippen LogP contribution in [0, 0.1) is 0 Å². The molecule has 0 bridgehead atoms. The van der Waals surface area contributed by atoms with Crippen LogP contribution in [-0.2, 0) is 17.9 Å². The molecule has 0 atom stereocenters. The fraction of sp³-hybridized carbons (Fsp3) is 0.476. The van der Waals surface area contributed by atoms with Gasteiger partial charge in [-0.3, -0.25) is 14.7 Å². The van der Waals surface area contributed by atoms with E-state index in [1.54, 1.807) is 30.3 Å². The molecule has 156 valence electrons. The molecule has 3 heterocycles. The number of nitrogens with zero attached hydrogens (tertiary/aromatic N) is 4. The summed E-state index contributed by atoms with van der Waals surface area (Å²) in [5, 5.41) is 8.96. The van der Waals surface area contributed by atoms with Crippen molar-refractivity contribution in [2.45, 2.75) is 32.0 Å². The first-order chi connectivity index (χ1) is 14.1. The average Bonchev–Trinajstić information content (AvgIpc) is 3.25. The second-order valence-electron chi connectivity index (χ2n) is 7.40. The van der Waals surface area contributed by atoms with E-state index in [0.29, 0.717) is 18.5 Å². The van der Waals surface area contributed by atoms with Crippen LogP contribution in [0.4, 0.5) is 0 Å². The summed E-state index contributed by atoms with van der Waals surface area (Å²) in [6.07, 6.45) is 3.92. The van der Waals surface area contributed by atoms with Gasteiger partial charge in [-0.15, -0.1) is 11.3 Å². The van der Waals surface area contributed by atoms with E-state index in [0.717, 1.165) is 38.2 Å². The second kappa shape index (κ2) is 10.9. The third kappa shape index (κ3) is 7.14. The highest BCUT2D eigenvalue weighted by Crippen LogP contribution is 2.13. The Bertz CT molecular complexity index is 770. The number of aliphatic imine (C=N–C) groups is 1. The molecule has 2 aromatic rings. The van der Waals surface area contributed by atoms with E-state index < -0.39 is 0 Å². The van der Waals surface area contributed by atoms with E-state index in [4.69, 9.17) is 0 Å². The Labute approximate surface area is 176 Å². The van der Waals surface area contributed by atoms with Crippen LogP contribution in [0.2, 0.25) is 0 Å². The standard InChI is InChI=1S/C21H30N6OS/c1-26(2)20(28)15-24-21(23-14-19-7-5-13-29-19)25-17-8-11-27(12-9-17)16-18-6-3-4-10-22-18/h3-7,10,13,17H,8-9,11-12,14-16H2,1-2H3,(H2,23,24,25). The summed E-state index contributed by atoms with van der Waals surface area (Å²) in [5.74, 6) is 0.698. The lowest BCUT2D eigenvalue weighted by molar-refractivity contribution is -0.127. The van der Waals surface area contributed by atoms with Crippen molar-refractivity contribution in [1.29, 1.82) is 0 Å². The molecule has 0 saturated carbocycles. The summed E-state index contributed by atoms with van der Waals surface area (Å²) in [4.78, 5) is 26.1. The zero-order chi connectivity index (χ0) is 20.5. The van der Waals surface area contributed by atoms with E-state index in [1.165, 1.54) is 4.88 Å². The lowest BCUT2D eigenvalue weighted by Gasteiger charge is -2.33. The van der Waals surface area contributed by atoms with Gasteiger partial charge in [0.15, 0.2) is 5.96 Å². The van der Waals surface area contributed by atoms with Gasteiger partial charge in [0.05, 0.1) is 12.2 Å². The number of likely N-dealkylation sites (tertiary alicyclic amines) is 1. The van der Waals surface area contributed by atoms with Gasteiger partial charge >= 0.3 is 0 Å². The van der Waals surface area contributed by atoms with Crippen molar-refractivity contribution in [2.24, 2.45) is 4.99 Å². The number of carbonyl (C=O) groups is 1. The largest absolute Gasteiger partial charge is 0.354 e. The first-order valence-electron chi connectivity index (χ1n) is 10.00. The van der Waals surface area contributed by atoms with Crippen LogP contribution in [0.5, 0.6) is 0 Å². The number of hydrogen-bond acceptors (Lipinski definition) is 5. The number of aromatic nitrogens is 1. The van der Waals surface area contributed by atoms with Gasteiger partial charge in [-0.2, -0.15) is 0 Å². The molecule has 0 aromatic carbocycles. The molecule has 1 saturated heterocycles. The molecule has 0 spiro atoms. The third-order valence-electron chi connectivity index (χ3n) is 4.92. The lowest BCUT2D eigenvalue weighted by Crippen LogP contribution is -2.48. The molecule has 1 aliphatic heterocycles. The Morgan fingerprint density at radius 1 is 1.28 bits per heavy atom. The van der Waals surface area contributed by atoms with Crippen molar-refractivity contribution in [3.63, 3.8) is 0 Å². The maximum absolute atomic E-state index is 11.9. The Morgan fingerprint density at radius 2 is 2.10 bits per heavy atom. The van der Waals surface area contributed by atoms with Crippen LogP contribution in [0.15, 0.2) is 46.9 Å². The molecule has 2 N–H and O–H groups in total. The molecule has 3 rings (SSSR count). The van der Waals surface area contributed by atoms with Crippen LogP contribution in [0.3, 0.4) is 0 Å². The SMILES string of the molecule is CN(C)C(=O)CN=C(NCc1cccs1)NC1CCN(Cc2ccccn2)CC1. The molecule has 0 unspecified atom stereocenters. The third-order valence-corrected chi connectivity index (χ3v) is 5.80. The van der Waals surface area contributed by atoms with Crippen LogP contribution in [-0.4, -0.2) is 66.4 Å². The highest BCUT2D eigenvalue weighted by molar-refractivity contribution is 7.09. The minimum Gasteiger partial charge on any atom is -0.354 e. The van der Waals surface area contributed by atoms with Crippen LogP contribution >= 0.6 is 11.3 Å². The van der Waals surface area contributed by atoms with Crippen LogP contribution in [0.25, 0.3) is 0 Å². The van der Waals surface area contributed by atoms with Gasteiger partial charge in [0.25, 0.3) is 0 Å². The van der Waals surface area contributed by atoms with Crippen molar-refractivity contribution in [2.75, 3.05) is 33.7 Å². The summed E-state index contributed by atoms with van der Waals surface area (Å²) >= 11 is 1.71. The molecule has 29 heavy (non-hydrogen) atoms. The smallest absolute Gasteiger partial charge is 0.243 e. The van der Waals surface area contributed by atoms with E-state index >= 15 is 0 Å². The maximum Gasteiger partial charge on any atom is 0.243 e. The predicted molar refractivity (Wildman–Crippen MR) is 118 cm³/mol. The maximum atomic E-state index is 11.9. The van der Waals surface area contributed by atoms with Gasteiger partial charge in [-0.05, 0) is 36.4 Å². The molecule has 2 aromatic heterocycles. The monoisotopic (exact) mass is 414 g/mol. The van der Waals surface area contributed by atoms with E-state index in [1.807, 2.05) is 24.4 Å². The van der Waals surface area contributed by atoms with Crippen molar-refractivity contribution >= 4 is 23.2 Å². The Morgan fingerprint density at radius 3 is 2.76 bits per heavy atom. The fourth-order valence-electron chi connectivity index (χ4n) is 3.17. The second-order valence-corrected chi connectivity index (χ2v) is 8.43. The Hall–Kier alpha value is -2.45. The van der Waals surface area contributed by atoms with Gasteiger partial charge in [-0.1, -0.05) is 12.1 Å². The Kier molecular flexibility index (Phi) is 8.01. The van der Waals surface area contributed by atoms with Crippen LogP contribution in [0.1, 0.15) is 23.4 Å². The number of carbonyl (C=O) groups excluding carboxylic acids is 1. The lowest BCUT2D eigenvalue weighted by atomic mass is 10.0. The number of hydrogen-bond donors (Lipinski definition) is 2. The number of likely N-dealkylation sites (N-methyl/N-ethyl adjacent to an activating group) is 1. The Balaban J connectivity index is 1.51. The molecule has 8 heteroatoms. The zero-order valence-electron chi connectivity index (χ0n) is 17.2. The molecule has 1 aliphatic rings. The molecule has 0 radical (unpaired) electrons. The summed E-state index contributed by atoms with van der Waals surface area (Å²) in [5.41, 5.74) is 1.11. The van der Waals surface area contributed by atoms with Gasteiger partial charge < -0.3 is 15.5 Å². The number of rotatable bonds is 7. The molecule has 1 fully saturated rings. The number of thiophene rings is 1. The van der Waals surface area contributed by atoms with Crippen molar-refractivity contribution in [1.82, 2.24) is 25.4 Å². The van der Waals surface area contributed by atoms with Gasteiger partial charge in [0.2, 0.25) is 5.91 Å². The number of guanidine groups is 1. The normalized spacial score (nSPS) is 15.9. The quantitative estimate of drug-likeness (QED) is 0.535. The van der Waals surface area contributed by atoms with E-state index in [2.05, 4.69) is 43.0 Å². The molecule has 7 nitrogen and oxygen atoms in total. The number of piperidine rings is 1. The van der Waals surface area contributed by atoms with Gasteiger partial charge in [-0.25, -0.2) is 4.99 Å². The van der Waals surface area contributed by atoms with Crippen molar-refractivity contribution in [3.05, 3.63) is 52.5 Å². The fourth-order valence-corrected chi connectivity index (χ4v) is 3.82. The number of pyridine rings is 1. The summed E-state index contributed by atoms with van der Waals surface area (Å²) in [7, 11) is 3.50. The van der Waals surface area contributed by atoms with Crippen molar-refractivity contribution in [3.8, 4) is 0 Å². The zero-order valence-corrected chi connectivity index (χ0v) is 18.0. The topological polar surface area (TPSA) is 72.9 Å². The molecule has 0 aliphatic carbocycles. The van der Waals surface area contributed by atoms with Crippen LogP contribution < -0.4 is 10.6 Å². The predicted octanol–water partition coefficient (Wildman–Crippen LogP) is 1.93. The summed E-state index contributed by atoms with van der Waals surface area (Å²) < 4.78 is 0. The highest BCUT2D eigenvalue weighted by atomic mass is 32.1. The molecular weight excluding hydrogens is 384 g/mol. The summed E-state index contributed by atoms with van der Waals surface area (Å²) in [6.45, 7) is 3.78. The van der Waals surface area contributed by atoms with Gasteiger partial charge in [0, 0.05) is 50.8 Å². The minimum atomic E-state index is -0.00703. The van der Waals surface area contributed by atoms with E-state index in [-0.39, 0.29) is 12.5 Å². The molecular formula is C21H30N6OS. The minimum absolute atomic E-state index is 0.00703. The first-order valence-corrected chi connectivity index (χ1v) is 10.9. The average molecular weight is 415 g/mol.